The van der Waals surface area contributed by atoms with Gasteiger partial charge in [0.1, 0.15) is 0 Å². The molecule has 1 unspecified atom stereocenters. The van der Waals surface area contributed by atoms with Crippen molar-refractivity contribution in [2.24, 2.45) is 0 Å². The highest BCUT2D eigenvalue weighted by atomic mass is 35.5. The molecule has 0 N–H and O–H groups in total. The van der Waals surface area contributed by atoms with Crippen molar-refractivity contribution in [3.63, 3.8) is 0 Å². The van der Waals surface area contributed by atoms with Crippen molar-refractivity contribution in [2.75, 3.05) is 0 Å². The third-order valence-corrected chi connectivity index (χ3v) is 2.76. The first-order chi connectivity index (χ1) is 8.72. The van der Waals surface area contributed by atoms with Gasteiger partial charge in [-0.2, -0.15) is 5.26 Å². The van der Waals surface area contributed by atoms with Crippen LogP contribution in [0.5, 0.6) is 0 Å². The van der Waals surface area contributed by atoms with Crippen LogP contribution in [-0.2, 0) is 0 Å². The lowest BCUT2D eigenvalue weighted by Gasteiger charge is -2.07. The van der Waals surface area contributed by atoms with Crippen molar-refractivity contribution in [2.45, 2.75) is 5.92 Å². The molecule has 0 spiro atoms. The van der Waals surface area contributed by atoms with Gasteiger partial charge in [0.05, 0.1) is 11.8 Å². The molecule has 0 saturated carbocycles. The Labute approximate surface area is 110 Å². The smallest absolute Gasteiger partial charge is 0.186 e. The van der Waals surface area contributed by atoms with Crippen molar-refractivity contribution < 1.29 is 4.79 Å². The van der Waals surface area contributed by atoms with Gasteiger partial charge >= 0.3 is 0 Å². The average molecular weight is 257 g/mol. The van der Waals surface area contributed by atoms with Crippen LogP contribution in [0.3, 0.4) is 0 Å². The van der Waals surface area contributed by atoms with Crippen LogP contribution < -0.4 is 0 Å². The second-order valence-electron chi connectivity index (χ2n) is 3.69. The van der Waals surface area contributed by atoms with E-state index >= 15 is 0 Å². The zero-order chi connectivity index (χ0) is 13.0. The Morgan fingerprint density at radius 1 is 1.22 bits per heavy atom. The standard InChI is InChI=1S/C14H9ClN2O/c15-11-6-4-10(5-7-11)14(18)12(9-16)13-3-1-2-8-17-13/h1-8,12H. The molecular weight excluding hydrogens is 248 g/mol. The predicted molar refractivity (Wildman–Crippen MR) is 68.4 cm³/mol. The highest BCUT2D eigenvalue weighted by Gasteiger charge is 2.22. The van der Waals surface area contributed by atoms with E-state index in [1.54, 1.807) is 48.7 Å². The number of carbonyl (C=O) groups is 1. The molecule has 0 aliphatic heterocycles. The topological polar surface area (TPSA) is 53.8 Å². The van der Waals surface area contributed by atoms with Crippen LogP contribution in [0.15, 0.2) is 48.7 Å². The van der Waals surface area contributed by atoms with E-state index in [2.05, 4.69) is 4.98 Å². The quantitative estimate of drug-likeness (QED) is 0.793. The highest BCUT2D eigenvalue weighted by molar-refractivity contribution is 6.30. The van der Waals surface area contributed by atoms with E-state index in [-0.39, 0.29) is 5.78 Å². The minimum Gasteiger partial charge on any atom is -0.292 e. The molecule has 0 fully saturated rings. The number of aromatic nitrogens is 1. The summed E-state index contributed by atoms with van der Waals surface area (Å²) in [5.41, 5.74) is 0.913. The predicted octanol–water partition coefficient (Wildman–Crippen LogP) is 3.23. The number of hydrogen-bond donors (Lipinski definition) is 0. The number of ketones is 1. The van der Waals surface area contributed by atoms with Crippen LogP contribution >= 0.6 is 11.6 Å². The molecule has 1 aromatic heterocycles. The molecule has 3 nitrogen and oxygen atoms in total. The van der Waals surface area contributed by atoms with Gasteiger partial charge in [-0.15, -0.1) is 0 Å². The number of benzene rings is 1. The molecule has 1 aromatic carbocycles. The van der Waals surface area contributed by atoms with Gasteiger partial charge in [-0.3, -0.25) is 9.78 Å². The number of halogens is 1. The number of hydrogen-bond acceptors (Lipinski definition) is 3. The van der Waals surface area contributed by atoms with E-state index in [0.29, 0.717) is 16.3 Å². The third-order valence-electron chi connectivity index (χ3n) is 2.50. The van der Waals surface area contributed by atoms with Gasteiger partial charge in [-0.05, 0) is 36.4 Å². The molecule has 0 saturated heterocycles. The second-order valence-corrected chi connectivity index (χ2v) is 4.12. The van der Waals surface area contributed by atoms with E-state index in [1.165, 1.54) is 0 Å². The van der Waals surface area contributed by atoms with E-state index in [1.807, 2.05) is 6.07 Å². The molecule has 2 rings (SSSR count). The van der Waals surface area contributed by atoms with E-state index in [4.69, 9.17) is 16.9 Å². The molecule has 0 radical (unpaired) electrons. The minimum atomic E-state index is -0.882. The van der Waals surface area contributed by atoms with E-state index < -0.39 is 5.92 Å². The van der Waals surface area contributed by atoms with Crippen LogP contribution in [-0.4, -0.2) is 10.8 Å². The Hall–Kier alpha value is -2.18. The number of nitrogens with zero attached hydrogens (tertiary/aromatic N) is 2. The Morgan fingerprint density at radius 2 is 1.94 bits per heavy atom. The van der Waals surface area contributed by atoms with E-state index in [0.717, 1.165) is 0 Å². The van der Waals surface area contributed by atoms with Gasteiger partial charge in [0, 0.05) is 16.8 Å². The number of Topliss-reactive ketones (excluding diaryl/α,β-unsaturated/α-hetero) is 1. The molecule has 2 aromatic rings. The largest absolute Gasteiger partial charge is 0.292 e. The molecule has 18 heavy (non-hydrogen) atoms. The van der Waals surface area contributed by atoms with Crippen LogP contribution in [0.4, 0.5) is 0 Å². The normalized spacial score (nSPS) is 11.6. The summed E-state index contributed by atoms with van der Waals surface area (Å²) in [6.45, 7) is 0. The molecule has 0 amide bonds. The molecule has 1 atom stereocenters. The molecule has 4 heteroatoms. The fourth-order valence-corrected chi connectivity index (χ4v) is 1.71. The Morgan fingerprint density at radius 3 is 2.50 bits per heavy atom. The fraction of sp³-hybridized carbons (Fsp3) is 0.0714. The average Bonchev–Trinajstić information content (AvgIpc) is 2.41. The van der Waals surface area contributed by atoms with Crippen LogP contribution in [0.25, 0.3) is 0 Å². The van der Waals surface area contributed by atoms with Crippen molar-refractivity contribution in [3.8, 4) is 6.07 Å². The molecular formula is C14H9ClN2O. The first-order valence-electron chi connectivity index (χ1n) is 5.32. The first kappa shape index (κ1) is 12.3. The van der Waals surface area contributed by atoms with Crippen molar-refractivity contribution in [3.05, 3.63) is 64.9 Å². The number of rotatable bonds is 3. The Kier molecular flexibility index (Phi) is 3.71. The molecule has 0 aliphatic carbocycles. The van der Waals surface area contributed by atoms with Gasteiger partial charge in [-0.1, -0.05) is 17.7 Å². The zero-order valence-corrected chi connectivity index (χ0v) is 10.1. The Balaban J connectivity index is 2.32. The summed E-state index contributed by atoms with van der Waals surface area (Å²) in [4.78, 5) is 16.2. The summed E-state index contributed by atoms with van der Waals surface area (Å²) in [6, 6.07) is 13.6. The van der Waals surface area contributed by atoms with Crippen molar-refractivity contribution in [1.82, 2.24) is 4.98 Å². The van der Waals surface area contributed by atoms with Crippen molar-refractivity contribution >= 4 is 17.4 Å². The summed E-state index contributed by atoms with van der Waals surface area (Å²) in [6.07, 6.45) is 1.56. The highest BCUT2D eigenvalue weighted by Crippen LogP contribution is 2.19. The number of carbonyl (C=O) groups excluding carboxylic acids is 1. The molecule has 88 valence electrons. The lowest BCUT2D eigenvalue weighted by atomic mass is 9.95. The lowest BCUT2D eigenvalue weighted by Crippen LogP contribution is -2.12. The fourth-order valence-electron chi connectivity index (χ4n) is 1.59. The maximum absolute atomic E-state index is 12.2. The van der Waals surface area contributed by atoms with Crippen LogP contribution in [0.1, 0.15) is 22.0 Å². The first-order valence-corrected chi connectivity index (χ1v) is 5.70. The summed E-state index contributed by atoms with van der Waals surface area (Å²) in [5.74, 6) is -1.15. The maximum Gasteiger partial charge on any atom is 0.186 e. The summed E-state index contributed by atoms with van der Waals surface area (Å²) in [5, 5.41) is 9.68. The zero-order valence-electron chi connectivity index (χ0n) is 9.38. The Bertz CT molecular complexity index is 587. The van der Waals surface area contributed by atoms with Gasteiger partial charge < -0.3 is 0 Å². The van der Waals surface area contributed by atoms with Gasteiger partial charge in [0.25, 0.3) is 0 Å². The lowest BCUT2D eigenvalue weighted by molar-refractivity contribution is 0.0977. The maximum atomic E-state index is 12.2. The third kappa shape index (κ3) is 2.55. The summed E-state index contributed by atoms with van der Waals surface area (Å²) in [7, 11) is 0. The summed E-state index contributed by atoms with van der Waals surface area (Å²) < 4.78 is 0. The number of nitriles is 1. The van der Waals surface area contributed by atoms with Crippen LogP contribution in [0.2, 0.25) is 5.02 Å². The van der Waals surface area contributed by atoms with Crippen LogP contribution in [0, 0.1) is 11.3 Å². The second kappa shape index (κ2) is 5.44. The van der Waals surface area contributed by atoms with Gasteiger partial charge in [0.2, 0.25) is 0 Å². The summed E-state index contributed by atoms with van der Waals surface area (Å²) >= 11 is 5.76. The van der Waals surface area contributed by atoms with E-state index in [9.17, 15) is 4.79 Å². The monoisotopic (exact) mass is 256 g/mol. The van der Waals surface area contributed by atoms with Crippen molar-refractivity contribution in [1.29, 1.82) is 5.26 Å². The molecule has 0 aliphatic rings. The molecule has 1 heterocycles. The minimum absolute atomic E-state index is 0.270. The SMILES string of the molecule is N#CC(C(=O)c1ccc(Cl)cc1)c1ccccn1. The number of pyridine rings is 1. The van der Waals surface area contributed by atoms with Gasteiger partial charge in [0.15, 0.2) is 11.7 Å². The van der Waals surface area contributed by atoms with Gasteiger partial charge in [-0.25, -0.2) is 0 Å². The molecule has 0 bridgehead atoms.